The van der Waals surface area contributed by atoms with Gasteiger partial charge in [-0.2, -0.15) is 0 Å². The third kappa shape index (κ3) is 3.05. The molecule has 0 aliphatic rings. The van der Waals surface area contributed by atoms with E-state index < -0.39 is 0 Å². The number of hydrogen-bond donors (Lipinski definition) is 2. The number of rotatable bonds is 4. The molecule has 2 rings (SSSR count). The maximum absolute atomic E-state index is 5.57. The van der Waals surface area contributed by atoms with Crippen LogP contribution in [0.3, 0.4) is 0 Å². The number of nitrogens with two attached hydrogens (primary N) is 1. The van der Waals surface area contributed by atoms with Crippen LogP contribution in [0.5, 0.6) is 0 Å². The van der Waals surface area contributed by atoms with Crippen LogP contribution in [0.1, 0.15) is 11.9 Å². The highest BCUT2D eigenvalue weighted by atomic mass is 32.1. The van der Waals surface area contributed by atoms with Gasteiger partial charge in [0.15, 0.2) is 0 Å². The molecule has 3 nitrogen and oxygen atoms in total. The van der Waals surface area contributed by atoms with Crippen molar-refractivity contribution >= 4 is 17.0 Å². The maximum atomic E-state index is 5.57. The highest BCUT2D eigenvalue weighted by Gasteiger charge is 2.03. The second kappa shape index (κ2) is 5.29. The minimum atomic E-state index is 0.294. The lowest BCUT2D eigenvalue weighted by Gasteiger charge is -2.12. The second-order valence-corrected chi connectivity index (χ2v) is 5.17. The fourth-order valence-corrected chi connectivity index (χ4v) is 2.20. The van der Waals surface area contributed by atoms with Crippen molar-refractivity contribution in [2.24, 2.45) is 5.73 Å². The van der Waals surface area contributed by atoms with Crippen molar-refractivity contribution in [1.82, 2.24) is 4.98 Å². The molecule has 90 valence electrons. The summed E-state index contributed by atoms with van der Waals surface area (Å²) >= 11 is 1.67. The van der Waals surface area contributed by atoms with Gasteiger partial charge in [-0.3, -0.25) is 0 Å². The van der Waals surface area contributed by atoms with Crippen LogP contribution in [0.2, 0.25) is 0 Å². The van der Waals surface area contributed by atoms with Gasteiger partial charge in [0.25, 0.3) is 0 Å². The Kier molecular flexibility index (Phi) is 3.76. The molecule has 0 fully saturated rings. The highest BCUT2D eigenvalue weighted by molar-refractivity contribution is 7.09. The predicted molar refractivity (Wildman–Crippen MR) is 74.4 cm³/mol. The Labute approximate surface area is 106 Å². The Bertz CT molecular complexity index is 476. The first kappa shape index (κ1) is 12.1. The Hall–Kier alpha value is -1.39. The molecule has 0 radical (unpaired) electrons. The topological polar surface area (TPSA) is 50.9 Å². The molecular formula is C13H17N3S. The average Bonchev–Trinajstić information content (AvgIpc) is 2.77. The van der Waals surface area contributed by atoms with E-state index in [-0.39, 0.29) is 0 Å². The standard InChI is InChI=1S/C13H17N3S/c1-9(7-14)15-12-5-3-11(4-6-12)13-8-17-10(2)16-13/h3-6,8-9,15H,7,14H2,1-2H3. The molecule has 1 heterocycles. The van der Waals surface area contributed by atoms with Crippen molar-refractivity contribution in [2.75, 3.05) is 11.9 Å². The summed E-state index contributed by atoms with van der Waals surface area (Å²) in [5.74, 6) is 0. The summed E-state index contributed by atoms with van der Waals surface area (Å²) in [7, 11) is 0. The minimum absolute atomic E-state index is 0.294. The number of benzene rings is 1. The third-order valence-electron chi connectivity index (χ3n) is 2.57. The van der Waals surface area contributed by atoms with E-state index in [1.807, 2.05) is 6.92 Å². The lowest BCUT2D eigenvalue weighted by molar-refractivity contribution is 0.804. The van der Waals surface area contributed by atoms with Gasteiger partial charge in [-0.05, 0) is 26.0 Å². The molecule has 3 N–H and O–H groups in total. The van der Waals surface area contributed by atoms with E-state index in [4.69, 9.17) is 5.73 Å². The van der Waals surface area contributed by atoms with Gasteiger partial charge < -0.3 is 11.1 Å². The van der Waals surface area contributed by atoms with Gasteiger partial charge in [0, 0.05) is 29.2 Å². The van der Waals surface area contributed by atoms with Gasteiger partial charge in [0.2, 0.25) is 0 Å². The van der Waals surface area contributed by atoms with Crippen molar-refractivity contribution in [3.63, 3.8) is 0 Å². The number of anilines is 1. The fraction of sp³-hybridized carbons (Fsp3) is 0.308. The van der Waals surface area contributed by atoms with E-state index in [2.05, 4.69) is 46.9 Å². The van der Waals surface area contributed by atoms with Crippen LogP contribution in [0, 0.1) is 6.92 Å². The van der Waals surface area contributed by atoms with Crippen molar-refractivity contribution in [3.05, 3.63) is 34.7 Å². The van der Waals surface area contributed by atoms with E-state index in [1.54, 1.807) is 11.3 Å². The third-order valence-corrected chi connectivity index (χ3v) is 3.34. The van der Waals surface area contributed by atoms with Gasteiger partial charge in [-0.25, -0.2) is 4.98 Å². The Morgan fingerprint density at radius 2 is 2.06 bits per heavy atom. The monoisotopic (exact) mass is 247 g/mol. The lowest BCUT2D eigenvalue weighted by atomic mass is 10.1. The van der Waals surface area contributed by atoms with Crippen LogP contribution in [0.25, 0.3) is 11.3 Å². The Balaban J connectivity index is 2.13. The van der Waals surface area contributed by atoms with Crippen molar-refractivity contribution < 1.29 is 0 Å². The summed E-state index contributed by atoms with van der Waals surface area (Å²) in [5.41, 5.74) is 8.87. The van der Waals surface area contributed by atoms with Gasteiger partial charge in [-0.15, -0.1) is 11.3 Å². The van der Waals surface area contributed by atoms with Gasteiger partial charge in [-0.1, -0.05) is 12.1 Å². The maximum Gasteiger partial charge on any atom is 0.0901 e. The van der Waals surface area contributed by atoms with Crippen LogP contribution >= 0.6 is 11.3 Å². The normalized spacial score (nSPS) is 12.4. The number of thiazole rings is 1. The van der Waals surface area contributed by atoms with E-state index in [1.165, 1.54) is 0 Å². The number of nitrogens with one attached hydrogen (secondary N) is 1. The summed E-state index contributed by atoms with van der Waals surface area (Å²) in [6.07, 6.45) is 0. The van der Waals surface area contributed by atoms with Crippen LogP contribution in [0.15, 0.2) is 29.6 Å². The van der Waals surface area contributed by atoms with Crippen LogP contribution in [-0.4, -0.2) is 17.6 Å². The summed E-state index contributed by atoms with van der Waals surface area (Å²) in [6, 6.07) is 8.59. The van der Waals surface area contributed by atoms with E-state index in [9.17, 15) is 0 Å². The fourth-order valence-electron chi connectivity index (χ4n) is 1.58. The average molecular weight is 247 g/mol. The molecule has 0 bridgehead atoms. The van der Waals surface area contributed by atoms with Crippen LogP contribution in [0.4, 0.5) is 5.69 Å². The molecule has 0 aliphatic heterocycles. The summed E-state index contributed by atoms with van der Waals surface area (Å²) in [6.45, 7) is 4.72. The van der Waals surface area contributed by atoms with E-state index >= 15 is 0 Å². The zero-order valence-corrected chi connectivity index (χ0v) is 10.9. The summed E-state index contributed by atoms with van der Waals surface area (Å²) < 4.78 is 0. The molecule has 1 atom stereocenters. The van der Waals surface area contributed by atoms with Crippen molar-refractivity contribution in [3.8, 4) is 11.3 Å². The first-order valence-corrected chi connectivity index (χ1v) is 6.56. The first-order valence-electron chi connectivity index (χ1n) is 5.68. The molecular weight excluding hydrogens is 230 g/mol. The largest absolute Gasteiger partial charge is 0.381 e. The molecule has 4 heteroatoms. The van der Waals surface area contributed by atoms with Gasteiger partial charge >= 0.3 is 0 Å². The van der Waals surface area contributed by atoms with Gasteiger partial charge in [0.1, 0.15) is 0 Å². The number of hydrogen-bond acceptors (Lipinski definition) is 4. The van der Waals surface area contributed by atoms with Crippen molar-refractivity contribution in [1.29, 1.82) is 0 Å². The quantitative estimate of drug-likeness (QED) is 0.873. The molecule has 0 amide bonds. The lowest BCUT2D eigenvalue weighted by Crippen LogP contribution is -2.24. The molecule has 1 aromatic heterocycles. The first-order chi connectivity index (χ1) is 8.19. The molecule has 1 aromatic carbocycles. The molecule has 0 aliphatic carbocycles. The Morgan fingerprint density at radius 3 is 2.59 bits per heavy atom. The molecule has 0 saturated heterocycles. The van der Waals surface area contributed by atoms with Gasteiger partial charge in [0.05, 0.1) is 10.7 Å². The summed E-state index contributed by atoms with van der Waals surface area (Å²) in [5, 5.41) is 6.51. The molecule has 2 aromatic rings. The molecule has 17 heavy (non-hydrogen) atoms. The summed E-state index contributed by atoms with van der Waals surface area (Å²) in [4.78, 5) is 4.47. The highest BCUT2D eigenvalue weighted by Crippen LogP contribution is 2.23. The van der Waals surface area contributed by atoms with Crippen molar-refractivity contribution in [2.45, 2.75) is 19.9 Å². The number of aryl methyl sites for hydroxylation is 1. The molecule has 1 unspecified atom stereocenters. The molecule has 0 saturated carbocycles. The second-order valence-electron chi connectivity index (χ2n) is 4.11. The van der Waals surface area contributed by atoms with Crippen LogP contribution < -0.4 is 11.1 Å². The van der Waals surface area contributed by atoms with E-state index in [0.717, 1.165) is 22.0 Å². The molecule has 0 spiro atoms. The van der Waals surface area contributed by atoms with E-state index in [0.29, 0.717) is 12.6 Å². The number of aromatic nitrogens is 1. The zero-order chi connectivity index (χ0) is 12.3. The SMILES string of the molecule is Cc1nc(-c2ccc(NC(C)CN)cc2)cs1. The minimum Gasteiger partial charge on any atom is -0.381 e. The Morgan fingerprint density at radius 1 is 1.35 bits per heavy atom. The smallest absolute Gasteiger partial charge is 0.0901 e. The number of nitrogens with zero attached hydrogens (tertiary/aromatic N) is 1. The predicted octanol–water partition coefficient (Wildman–Crippen LogP) is 2.88. The zero-order valence-electron chi connectivity index (χ0n) is 10.1. The van der Waals surface area contributed by atoms with Crippen LogP contribution in [-0.2, 0) is 0 Å².